The van der Waals surface area contributed by atoms with E-state index in [2.05, 4.69) is 15.7 Å². The molecule has 2 aromatic carbocycles. The molecule has 0 aliphatic carbocycles. The summed E-state index contributed by atoms with van der Waals surface area (Å²) in [5.74, 6) is -1.81. The monoisotopic (exact) mass is 395 g/mol. The molecule has 8 nitrogen and oxygen atoms in total. The molecule has 0 spiro atoms. The Kier molecular flexibility index (Phi) is 4.57. The van der Waals surface area contributed by atoms with Gasteiger partial charge in [0.25, 0.3) is 11.8 Å². The summed E-state index contributed by atoms with van der Waals surface area (Å²) in [6.07, 6.45) is 0. The van der Waals surface area contributed by atoms with E-state index in [0.717, 1.165) is 16.0 Å². The van der Waals surface area contributed by atoms with Crippen molar-refractivity contribution in [1.29, 1.82) is 0 Å². The van der Waals surface area contributed by atoms with Crippen LogP contribution in [0.25, 0.3) is 0 Å². The third-order valence-corrected chi connectivity index (χ3v) is 5.04. The van der Waals surface area contributed by atoms with E-state index in [0.29, 0.717) is 11.4 Å². The summed E-state index contributed by atoms with van der Waals surface area (Å²) in [6, 6.07) is 8.70. The number of carbonyl (C=O) groups is 3. The molecule has 2 aliphatic rings. The molecule has 2 heterocycles. The minimum Gasteiger partial charge on any atom is -0.324 e. The molecular weight excluding hydrogens is 377 g/mol. The second kappa shape index (κ2) is 7.08. The van der Waals surface area contributed by atoms with Gasteiger partial charge >= 0.3 is 0 Å². The quantitative estimate of drug-likeness (QED) is 0.804. The Labute approximate surface area is 166 Å². The molecule has 3 amide bonds. The number of nitrogens with one attached hydrogen (secondary N) is 1. The predicted molar refractivity (Wildman–Crippen MR) is 103 cm³/mol. The second-order valence-corrected chi connectivity index (χ2v) is 7.03. The Morgan fingerprint density at radius 3 is 2.48 bits per heavy atom. The predicted octanol–water partition coefficient (Wildman–Crippen LogP) is 2.37. The first kappa shape index (κ1) is 18.7. The highest BCUT2D eigenvalue weighted by atomic mass is 19.1. The number of imide groups is 1. The van der Waals surface area contributed by atoms with Crippen LogP contribution < -0.4 is 10.2 Å². The maximum absolute atomic E-state index is 13.0. The molecule has 0 saturated carbocycles. The molecule has 1 N–H and O–H groups in total. The molecule has 29 heavy (non-hydrogen) atoms. The number of halogens is 1. The van der Waals surface area contributed by atoms with Gasteiger partial charge in [-0.2, -0.15) is 5.11 Å². The van der Waals surface area contributed by atoms with Crippen molar-refractivity contribution in [3.8, 4) is 0 Å². The molecule has 2 aliphatic heterocycles. The number of hydrogen-bond acceptors (Lipinski definition) is 6. The fourth-order valence-electron chi connectivity index (χ4n) is 3.35. The Morgan fingerprint density at radius 2 is 1.79 bits per heavy atom. The fourth-order valence-corrected chi connectivity index (χ4v) is 3.35. The van der Waals surface area contributed by atoms with Gasteiger partial charge in [0.05, 0.1) is 5.69 Å². The van der Waals surface area contributed by atoms with Gasteiger partial charge in [0, 0.05) is 5.69 Å². The van der Waals surface area contributed by atoms with E-state index >= 15 is 0 Å². The third-order valence-electron chi connectivity index (χ3n) is 5.04. The van der Waals surface area contributed by atoms with E-state index in [9.17, 15) is 18.8 Å². The van der Waals surface area contributed by atoms with Gasteiger partial charge in [-0.3, -0.25) is 19.4 Å². The number of amides is 3. The van der Waals surface area contributed by atoms with Crippen LogP contribution in [0.5, 0.6) is 0 Å². The highest BCUT2D eigenvalue weighted by Crippen LogP contribution is 2.32. The average molecular weight is 395 g/mol. The Morgan fingerprint density at radius 1 is 1.07 bits per heavy atom. The maximum Gasteiger partial charge on any atom is 0.263 e. The van der Waals surface area contributed by atoms with Crippen LogP contribution in [0.15, 0.2) is 52.8 Å². The van der Waals surface area contributed by atoms with Gasteiger partial charge in [-0.05, 0) is 61.4 Å². The minimum absolute atomic E-state index is 0.262. The summed E-state index contributed by atoms with van der Waals surface area (Å²) < 4.78 is 13.0. The van der Waals surface area contributed by atoms with Crippen LogP contribution in [0.2, 0.25) is 0 Å². The molecule has 1 fully saturated rings. The SMILES string of the molecule is Cc1ccc(N2C(=O)[C@@H]3[C@@H](N=NN3CC(=O)Nc3ccc(F)cc3)C2=O)cc1C. The molecule has 2 atom stereocenters. The zero-order chi connectivity index (χ0) is 20.7. The standard InChI is InChI=1S/C20H18FN5O3/c1-11-3-8-15(9-12(11)2)26-19(28)17-18(20(26)29)25(24-23-17)10-16(27)22-14-6-4-13(21)5-7-14/h3-9,17-18H,10H2,1-2H3,(H,22,27)/t17-,18+/m1/s1. The first-order valence-corrected chi connectivity index (χ1v) is 9.03. The van der Waals surface area contributed by atoms with Crippen molar-refractivity contribution in [2.75, 3.05) is 16.8 Å². The number of nitrogens with zero attached hydrogens (tertiary/aromatic N) is 4. The molecule has 0 radical (unpaired) electrons. The number of anilines is 2. The zero-order valence-corrected chi connectivity index (χ0v) is 15.8. The lowest BCUT2D eigenvalue weighted by Gasteiger charge is -2.20. The summed E-state index contributed by atoms with van der Waals surface area (Å²) >= 11 is 0. The van der Waals surface area contributed by atoms with Crippen LogP contribution in [-0.2, 0) is 14.4 Å². The summed E-state index contributed by atoms with van der Waals surface area (Å²) in [7, 11) is 0. The molecule has 1 saturated heterocycles. The Bertz CT molecular complexity index is 1040. The summed E-state index contributed by atoms with van der Waals surface area (Å²) in [5.41, 5.74) is 2.89. The van der Waals surface area contributed by atoms with E-state index in [4.69, 9.17) is 0 Å². The van der Waals surface area contributed by atoms with E-state index in [1.54, 1.807) is 12.1 Å². The molecule has 2 aromatic rings. The van der Waals surface area contributed by atoms with Crippen LogP contribution in [0, 0.1) is 19.7 Å². The van der Waals surface area contributed by atoms with E-state index in [-0.39, 0.29) is 6.54 Å². The van der Waals surface area contributed by atoms with E-state index in [1.165, 1.54) is 29.3 Å². The van der Waals surface area contributed by atoms with E-state index in [1.807, 2.05) is 19.9 Å². The van der Waals surface area contributed by atoms with Gasteiger partial charge in [0.15, 0.2) is 12.1 Å². The fraction of sp³-hybridized carbons (Fsp3) is 0.250. The number of benzene rings is 2. The first-order valence-electron chi connectivity index (χ1n) is 9.03. The third kappa shape index (κ3) is 3.35. The van der Waals surface area contributed by atoms with Crippen LogP contribution in [-0.4, -0.2) is 41.4 Å². The van der Waals surface area contributed by atoms with Crippen molar-refractivity contribution >= 4 is 29.1 Å². The first-order chi connectivity index (χ1) is 13.8. The minimum atomic E-state index is -0.970. The lowest BCUT2D eigenvalue weighted by molar-refractivity contribution is -0.123. The average Bonchev–Trinajstić information content (AvgIpc) is 3.20. The molecule has 0 unspecified atom stereocenters. The van der Waals surface area contributed by atoms with Crippen molar-refractivity contribution in [3.05, 3.63) is 59.4 Å². The van der Waals surface area contributed by atoms with E-state index < -0.39 is 35.6 Å². The van der Waals surface area contributed by atoms with Crippen LogP contribution in [0.4, 0.5) is 15.8 Å². The lowest BCUT2D eigenvalue weighted by Crippen LogP contribution is -2.43. The van der Waals surface area contributed by atoms with Crippen LogP contribution >= 0.6 is 0 Å². The van der Waals surface area contributed by atoms with Crippen molar-refractivity contribution in [2.24, 2.45) is 10.3 Å². The number of hydrogen-bond donors (Lipinski definition) is 1. The molecule has 0 aromatic heterocycles. The van der Waals surface area contributed by atoms with Gasteiger partial charge in [-0.1, -0.05) is 11.3 Å². The number of fused-ring (bicyclic) bond motifs is 1. The maximum atomic E-state index is 13.0. The number of rotatable bonds is 4. The van der Waals surface area contributed by atoms with Gasteiger partial charge in [-0.25, -0.2) is 9.29 Å². The zero-order valence-electron chi connectivity index (χ0n) is 15.8. The summed E-state index contributed by atoms with van der Waals surface area (Å²) in [4.78, 5) is 39.1. The number of aryl methyl sites for hydroxylation is 2. The number of carbonyl (C=O) groups excluding carboxylic acids is 3. The van der Waals surface area contributed by atoms with Crippen LogP contribution in [0.1, 0.15) is 11.1 Å². The van der Waals surface area contributed by atoms with Crippen LogP contribution in [0.3, 0.4) is 0 Å². The topological polar surface area (TPSA) is 94.4 Å². The highest BCUT2D eigenvalue weighted by Gasteiger charge is 2.55. The lowest BCUT2D eigenvalue weighted by atomic mass is 10.1. The smallest absolute Gasteiger partial charge is 0.263 e. The largest absolute Gasteiger partial charge is 0.324 e. The molecule has 4 rings (SSSR count). The Balaban J connectivity index is 1.49. The van der Waals surface area contributed by atoms with Gasteiger partial charge in [0.2, 0.25) is 5.91 Å². The van der Waals surface area contributed by atoms with Crippen molar-refractivity contribution in [1.82, 2.24) is 5.01 Å². The molecule has 148 valence electrons. The van der Waals surface area contributed by atoms with Gasteiger partial charge in [0.1, 0.15) is 12.4 Å². The van der Waals surface area contributed by atoms with Crippen molar-refractivity contribution in [2.45, 2.75) is 25.9 Å². The van der Waals surface area contributed by atoms with Crippen molar-refractivity contribution < 1.29 is 18.8 Å². The highest BCUT2D eigenvalue weighted by molar-refractivity contribution is 6.25. The van der Waals surface area contributed by atoms with Gasteiger partial charge < -0.3 is 5.32 Å². The second-order valence-electron chi connectivity index (χ2n) is 7.03. The molecular formula is C20H18FN5O3. The van der Waals surface area contributed by atoms with Crippen molar-refractivity contribution in [3.63, 3.8) is 0 Å². The summed E-state index contributed by atoms with van der Waals surface area (Å²) in [5, 5.41) is 11.6. The van der Waals surface area contributed by atoms with Gasteiger partial charge in [-0.15, -0.1) is 0 Å². The molecule has 0 bridgehead atoms. The molecule has 9 heteroatoms. The Hall–Kier alpha value is -3.62. The normalized spacial score (nSPS) is 20.4. The summed E-state index contributed by atoms with van der Waals surface area (Å²) in [6.45, 7) is 3.58.